The Bertz CT molecular complexity index is 405. The van der Waals surface area contributed by atoms with Gasteiger partial charge < -0.3 is 5.11 Å². The summed E-state index contributed by atoms with van der Waals surface area (Å²) < 4.78 is 2.00. The van der Waals surface area contributed by atoms with Gasteiger partial charge in [-0.1, -0.05) is 6.92 Å². The Morgan fingerprint density at radius 2 is 2.28 bits per heavy atom. The van der Waals surface area contributed by atoms with Gasteiger partial charge in [0.05, 0.1) is 12.6 Å². The van der Waals surface area contributed by atoms with E-state index in [2.05, 4.69) is 21.9 Å². The molecule has 5 nitrogen and oxygen atoms in total. The number of hydrogen-bond acceptors (Lipinski definition) is 4. The van der Waals surface area contributed by atoms with Gasteiger partial charge in [-0.15, -0.1) is 0 Å². The van der Waals surface area contributed by atoms with E-state index < -0.39 is 0 Å². The van der Waals surface area contributed by atoms with Crippen molar-refractivity contribution in [2.24, 2.45) is 11.8 Å². The van der Waals surface area contributed by atoms with Crippen LogP contribution in [0.2, 0.25) is 0 Å². The van der Waals surface area contributed by atoms with Gasteiger partial charge in [-0.25, -0.2) is 9.67 Å². The molecule has 5 heteroatoms. The summed E-state index contributed by atoms with van der Waals surface area (Å²) in [5.74, 6) is 2.25. The molecule has 0 spiro atoms. The summed E-state index contributed by atoms with van der Waals surface area (Å²) in [5.41, 5.74) is 0. The Morgan fingerprint density at radius 1 is 1.39 bits per heavy atom. The van der Waals surface area contributed by atoms with Gasteiger partial charge in [0, 0.05) is 25.6 Å². The van der Waals surface area contributed by atoms with Gasteiger partial charge in [-0.3, -0.25) is 4.90 Å². The zero-order chi connectivity index (χ0) is 12.5. The summed E-state index contributed by atoms with van der Waals surface area (Å²) in [4.78, 5) is 6.78. The van der Waals surface area contributed by atoms with Crippen LogP contribution in [-0.4, -0.2) is 44.0 Å². The van der Waals surface area contributed by atoms with Gasteiger partial charge in [0.1, 0.15) is 12.2 Å². The second kappa shape index (κ2) is 4.97. The van der Waals surface area contributed by atoms with E-state index in [1.165, 1.54) is 6.42 Å². The molecule has 18 heavy (non-hydrogen) atoms. The summed E-state index contributed by atoms with van der Waals surface area (Å²) in [6.07, 6.45) is 4.84. The van der Waals surface area contributed by atoms with Crippen molar-refractivity contribution in [1.29, 1.82) is 0 Å². The van der Waals surface area contributed by atoms with Crippen molar-refractivity contribution in [3.05, 3.63) is 12.2 Å². The predicted molar refractivity (Wildman–Crippen MR) is 67.8 cm³/mol. The quantitative estimate of drug-likeness (QED) is 0.862. The van der Waals surface area contributed by atoms with Crippen molar-refractivity contribution in [2.75, 3.05) is 13.1 Å². The Morgan fingerprint density at radius 3 is 3.06 bits per heavy atom. The maximum absolute atomic E-state index is 9.92. The average Bonchev–Trinajstić information content (AvgIpc) is 3.01. The average molecular weight is 250 g/mol. The first-order chi connectivity index (χ1) is 8.78. The van der Waals surface area contributed by atoms with Crippen molar-refractivity contribution in [3.8, 4) is 0 Å². The minimum atomic E-state index is -0.0755. The minimum Gasteiger partial charge on any atom is -0.393 e. The van der Waals surface area contributed by atoms with E-state index in [0.29, 0.717) is 11.8 Å². The number of aromatic nitrogens is 3. The first-order valence-electron chi connectivity index (χ1n) is 7.05. The van der Waals surface area contributed by atoms with Crippen LogP contribution in [0.3, 0.4) is 0 Å². The maximum Gasteiger partial charge on any atom is 0.141 e. The van der Waals surface area contributed by atoms with Crippen LogP contribution in [-0.2, 0) is 13.1 Å². The lowest BCUT2D eigenvalue weighted by atomic mass is 10.00. The summed E-state index contributed by atoms with van der Waals surface area (Å²) in [7, 11) is 0. The van der Waals surface area contributed by atoms with Crippen LogP contribution in [0, 0.1) is 11.8 Å². The second-order valence-corrected chi connectivity index (χ2v) is 5.66. The van der Waals surface area contributed by atoms with Gasteiger partial charge in [-0.2, -0.15) is 5.10 Å². The molecular formula is C13H22N4O. The van der Waals surface area contributed by atoms with Crippen LogP contribution in [0.5, 0.6) is 0 Å². The third-order valence-electron chi connectivity index (χ3n) is 4.39. The number of nitrogens with zero attached hydrogens (tertiary/aromatic N) is 4. The van der Waals surface area contributed by atoms with Crippen LogP contribution >= 0.6 is 0 Å². The molecule has 1 aliphatic carbocycles. The van der Waals surface area contributed by atoms with E-state index in [9.17, 15) is 5.11 Å². The first kappa shape index (κ1) is 12.1. The van der Waals surface area contributed by atoms with Gasteiger partial charge in [0.15, 0.2) is 0 Å². The Balaban J connectivity index is 1.62. The predicted octanol–water partition coefficient (Wildman–Crippen LogP) is 0.891. The van der Waals surface area contributed by atoms with Crippen LogP contribution < -0.4 is 0 Å². The number of aliphatic hydroxyl groups excluding tert-OH is 1. The largest absolute Gasteiger partial charge is 0.393 e. The van der Waals surface area contributed by atoms with Gasteiger partial charge in [0.2, 0.25) is 0 Å². The molecule has 1 aliphatic heterocycles. The lowest BCUT2D eigenvalue weighted by molar-refractivity contribution is 0.123. The summed E-state index contributed by atoms with van der Waals surface area (Å²) in [6, 6.07) is 0. The third-order valence-corrected chi connectivity index (χ3v) is 4.39. The molecule has 3 rings (SSSR count). The summed E-state index contributed by atoms with van der Waals surface area (Å²) >= 11 is 0. The van der Waals surface area contributed by atoms with E-state index in [-0.39, 0.29) is 6.10 Å². The molecular weight excluding hydrogens is 228 g/mol. The molecule has 2 aliphatic rings. The van der Waals surface area contributed by atoms with Gasteiger partial charge >= 0.3 is 0 Å². The molecule has 0 amide bonds. The Kier molecular flexibility index (Phi) is 3.35. The van der Waals surface area contributed by atoms with Crippen molar-refractivity contribution in [3.63, 3.8) is 0 Å². The van der Waals surface area contributed by atoms with E-state index in [1.807, 2.05) is 4.68 Å². The second-order valence-electron chi connectivity index (χ2n) is 5.66. The molecule has 1 aromatic rings. The SMILES string of the molecule is CCCn1ncnc1CN1CC2CCC(O)C2C1. The van der Waals surface area contributed by atoms with Gasteiger partial charge in [-0.05, 0) is 25.2 Å². The standard InChI is InChI=1S/C13H22N4O/c1-2-5-17-13(14-9-15-17)8-16-6-10-3-4-12(18)11(10)7-16/h9-12,18H,2-8H2,1H3. The smallest absolute Gasteiger partial charge is 0.141 e. The number of hydrogen-bond donors (Lipinski definition) is 1. The molecule has 1 aromatic heterocycles. The van der Waals surface area contributed by atoms with Crippen molar-refractivity contribution < 1.29 is 5.11 Å². The highest BCUT2D eigenvalue weighted by atomic mass is 16.3. The first-order valence-corrected chi connectivity index (χ1v) is 7.05. The molecule has 1 saturated heterocycles. The topological polar surface area (TPSA) is 54.2 Å². The zero-order valence-corrected chi connectivity index (χ0v) is 11.0. The fraction of sp³-hybridized carbons (Fsp3) is 0.846. The van der Waals surface area contributed by atoms with Crippen LogP contribution in [0.15, 0.2) is 6.33 Å². The lowest BCUT2D eigenvalue weighted by Crippen LogP contribution is -2.26. The molecule has 3 unspecified atom stereocenters. The molecule has 3 atom stereocenters. The molecule has 0 radical (unpaired) electrons. The molecule has 1 saturated carbocycles. The number of aryl methyl sites for hydroxylation is 1. The third kappa shape index (κ3) is 2.17. The Hall–Kier alpha value is -0.940. The zero-order valence-electron chi connectivity index (χ0n) is 11.0. The van der Waals surface area contributed by atoms with E-state index >= 15 is 0 Å². The summed E-state index contributed by atoms with van der Waals surface area (Å²) in [5, 5.41) is 14.2. The summed E-state index contributed by atoms with van der Waals surface area (Å²) in [6.45, 7) is 6.10. The molecule has 0 aromatic carbocycles. The Labute approximate surface area is 108 Å². The van der Waals surface area contributed by atoms with E-state index in [4.69, 9.17) is 0 Å². The molecule has 0 bridgehead atoms. The molecule has 2 fully saturated rings. The normalized spacial score (nSPS) is 32.0. The fourth-order valence-corrected chi connectivity index (χ4v) is 3.47. The molecule has 2 heterocycles. The lowest BCUT2D eigenvalue weighted by Gasteiger charge is -2.17. The number of likely N-dealkylation sites (tertiary alicyclic amines) is 1. The number of fused-ring (bicyclic) bond motifs is 1. The number of aliphatic hydroxyl groups is 1. The highest BCUT2D eigenvalue weighted by Crippen LogP contribution is 2.38. The maximum atomic E-state index is 9.92. The van der Waals surface area contributed by atoms with Crippen molar-refractivity contribution in [1.82, 2.24) is 19.7 Å². The highest BCUT2D eigenvalue weighted by Gasteiger charge is 2.41. The van der Waals surface area contributed by atoms with E-state index in [0.717, 1.165) is 44.8 Å². The van der Waals surface area contributed by atoms with Crippen molar-refractivity contribution in [2.45, 2.75) is 45.4 Å². The molecule has 1 N–H and O–H groups in total. The van der Waals surface area contributed by atoms with Crippen molar-refractivity contribution >= 4 is 0 Å². The molecule has 100 valence electrons. The van der Waals surface area contributed by atoms with Crippen LogP contribution in [0.4, 0.5) is 0 Å². The van der Waals surface area contributed by atoms with Crippen LogP contribution in [0.1, 0.15) is 32.0 Å². The number of rotatable bonds is 4. The highest BCUT2D eigenvalue weighted by molar-refractivity contribution is 4.96. The van der Waals surface area contributed by atoms with Crippen LogP contribution in [0.25, 0.3) is 0 Å². The fourth-order valence-electron chi connectivity index (χ4n) is 3.47. The minimum absolute atomic E-state index is 0.0755. The monoisotopic (exact) mass is 250 g/mol. The van der Waals surface area contributed by atoms with E-state index in [1.54, 1.807) is 6.33 Å². The van der Waals surface area contributed by atoms with Gasteiger partial charge in [0.25, 0.3) is 0 Å².